The van der Waals surface area contributed by atoms with Crippen molar-refractivity contribution in [3.05, 3.63) is 41.7 Å². The van der Waals surface area contributed by atoms with Crippen molar-refractivity contribution in [3.63, 3.8) is 0 Å². The van der Waals surface area contributed by atoms with E-state index in [0.29, 0.717) is 0 Å². The van der Waals surface area contributed by atoms with Gasteiger partial charge in [0.2, 0.25) is 0 Å². The summed E-state index contributed by atoms with van der Waals surface area (Å²) in [5.41, 5.74) is 3.07. The van der Waals surface area contributed by atoms with Crippen LogP contribution in [0.5, 0.6) is 5.75 Å². The second-order valence-electron chi connectivity index (χ2n) is 3.88. The SMILES string of the molecule is Cc1cc(O)ccc1NC(C)c1ccn[nH]1. The van der Waals surface area contributed by atoms with Crippen LogP contribution in [0.4, 0.5) is 5.69 Å². The topological polar surface area (TPSA) is 60.9 Å². The van der Waals surface area contributed by atoms with E-state index >= 15 is 0 Å². The predicted octanol–water partition coefficient (Wildman–Crippen LogP) is 2.60. The number of rotatable bonds is 3. The molecule has 4 nitrogen and oxygen atoms in total. The fraction of sp³-hybridized carbons (Fsp3) is 0.250. The van der Waals surface area contributed by atoms with E-state index in [1.165, 1.54) is 0 Å². The van der Waals surface area contributed by atoms with Gasteiger partial charge in [-0.3, -0.25) is 5.10 Å². The zero-order valence-electron chi connectivity index (χ0n) is 9.36. The van der Waals surface area contributed by atoms with Gasteiger partial charge in [-0.1, -0.05) is 0 Å². The molecule has 0 saturated carbocycles. The third kappa shape index (κ3) is 2.16. The standard InChI is InChI=1S/C12H15N3O/c1-8-7-10(16)3-4-11(8)14-9(2)12-5-6-13-15-12/h3-7,9,14,16H,1-2H3,(H,13,15). The highest BCUT2D eigenvalue weighted by Gasteiger charge is 2.07. The number of phenols is 1. The molecule has 0 bridgehead atoms. The molecule has 0 radical (unpaired) electrons. The molecule has 1 aromatic heterocycles. The van der Waals surface area contributed by atoms with Crippen LogP contribution >= 0.6 is 0 Å². The number of hydrogen-bond acceptors (Lipinski definition) is 3. The second-order valence-corrected chi connectivity index (χ2v) is 3.88. The zero-order valence-corrected chi connectivity index (χ0v) is 9.36. The van der Waals surface area contributed by atoms with E-state index in [0.717, 1.165) is 16.9 Å². The summed E-state index contributed by atoms with van der Waals surface area (Å²) in [5, 5.41) is 19.5. The molecular weight excluding hydrogens is 202 g/mol. The fourth-order valence-electron chi connectivity index (χ4n) is 1.63. The van der Waals surface area contributed by atoms with Crippen molar-refractivity contribution in [3.8, 4) is 5.75 Å². The molecule has 2 rings (SSSR count). The van der Waals surface area contributed by atoms with Gasteiger partial charge in [-0.25, -0.2) is 0 Å². The highest BCUT2D eigenvalue weighted by molar-refractivity contribution is 5.54. The number of nitrogens with one attached hydrogen (secondary N) is 2. The lowest BCUT2D eigenvalue weighted by Gasteiger charge is -2.15. The molecule has 0 fully saturated rings. The first-order chi connectivity index (χ1) is 7.66. The van der Waals surface area contributed by atoms with Crippen molar-refractivity contribution < 1.29 is 5.11 Å². The van der Waals surface area contributed by atoms with Crippen molar-refractivity contribution in [1.82, 2.24) is 10.2 Å². The van der Waals surface area contributed by atoms with Gasteiger partial charge in [0.25, 0.3) is 0 Å². The lowest BCUT2D eigenvalue weighted by atomic mass is 10.1. The maximum absolute atomic E-state index is 9.31. The molecule has 1 atom stereocenters. The minimum Gasteiger partial charge on any atom is -0.508 e. The number of benzene rings is 1. The van der Waals surface area contributed by atoms with Crippen molar-refractivity contribution in [2.45, 2.75) is 19.9 Å². The van der Waals surface area contributed by atoms with Crippen LogP contribution in [0.25, 0.3) is 0 Å². The minimum atomic E-state index is 0.158. The summed E-state index contributed by atoms with van der Waals surface area (Å²) in [6, 6.07) is 7.38. The van der Waals surface area contributed by atoms with E-state index in [1.54, 1.807) is 18.3 Å². The van der Waals surface area contributed by atoms with Gasteiger partial charge < -0.3 is 10.4 Å². The summed E-state index contributed by atoms with van der Waals surface area (Å²) in [5.74, 6) is 0.289. The van der Waals surface area contributed by atoms with E-state index in [1.807, 2.05) is 19.1 Å². The largest absolute Gasteiger partial charge is 0.508 e. The predicted molar refractivity (Wildman–Crippen MR) is 63.5 cm³/mol. The summed E-state index contributed by atoms with van der Waals surface area (Å²) in [6.07, 6.45) is 1.73. The number of aryl methyl sites for hydroxylation is 1. The average molecular weight is 217 g/mol. The Labute approximate surface area is 94.3 Å². The Balaban J connectivity index is 2.15. The first kappa shape index (κ1) is 10.5. The van der Waals surface area contributed by atoms with Crippen LogP contribution < -0.4 is 5.32 Å². The van der Waals surface area contributed by atoms with Gasteiger partial charge in [-0.15, -0.1) is 0 Å². The third-order valence-corrected chi connectivity index (χ3v) is 2.57. The van der Waals surface area contributed by atoms with Gasteiger partial charge in [0, 0.05) is 11.9 Å². The lowest BCUT2D eigenvalue weighted by Crippen LogP contribution is -2.08. The maximum Gasteiger partial charge on any atom is 0.115 e. The van der Waals surface area contributed by atoms with E-state index in [4.69, 9.17) is 0 Å². The highest BCUT2D eigenvalue weighted by Crippen LogP contribution is 2.23. The molecule has 3 N–H and O–H groups in total. The molecule has 2 aromatic rings. The Kier molecular flexibility index (Phi) is 2.81. The maximum atomic E-state index is 9.31. The summed E-state index contributed by atoms with van der Waals surface area (Å²) in [4.78, 5) is 0. The van der Waals surface area contributed by atoms with Crippen LogP contribution in [0.3, 0.4) is 0 Å². The molecule has 16 heavy (non-hydrogen) atoms. The molecule has 0 spiro atoms. The number of nitrogens with zero attached hydrogens (tertiary/aromatic N) is 1. The number of phenolic OH excluding ortho intramolecular Hbond substituents is 1. The quantitative estimate of drug-likeness (QED) is 0.692. The molecule has 0 saturated heterocycles. The van der Waals surface area contributed by atoms with Crippen LogP contribution in [0.1, 0.15) is 24.2 Å². The number of aromatic amines is 1. The van der Waals surface area contributed by atoms with Crippen molar-refractivity contribution in [2.75, 3.05) is 5.32 Å². The molecule has 0 aliphatic heterocycles. The Morgan fingerprint density at radius 1 is 1.38 bits per heavy atom. The van der Waals surface area contributed by atoms with Crippen LogP contribution in [0.2, 0.25) is 0 Å². The van der Waals surface area contributed by atoms with Crippen molar-refractivity contribution >= 4 is 5.69 Å². The Morgan fingerprint density at radius 2 is 2.19 bits per heavy atom. The van der Waals surface area contributed by atoms with E-state index in [2.05, 4.69) is 22.4 Å². The van der Waals surface area contributed by atoms with Gasteiger partial charge in [0.05, 0.1) is 11.7 Å². The average Bonchev–Trinajstić information content (AvgIpc) is 2.75. The first-order valence-corrected chi connectivity index (χ1v) is 5.22. The molecule has 1 heterocycles. The van der Waals surface area contributed by atoms with Crippen LogP contribution in [0, 0.1) is 6.92 Å². The van der Waals surface area contributed by atoms with E-state index in [9.17, 15) is 5.11 Å². The van der Waals surface area contributed by atoms with E-state index in [-0.39, 0.29) is 11.8 Å². The Hall–Kier alpha value is -1.97. The molecule has 84 valence electrons. The van der Waals surface area contributed by atoms with Gasteiger partial charge in [0.1, 0.15) is 5.75 Å². The summed E-state index contributed by atoms with van der Waals surface area (Å²) >= 11 is 0. The molecule has 4 heteroatoms. The Morgan fingerprint density at radius 3 is 2.81 bits per heavy atom. The summed E-state index contributed by atoms with van der Waals surface area (Å²) in [6.45, 7) is 4.02. The molecule has 0 aliphatic rings. The number of aromatic nitrogens is 2. The fourth-order valence-corrected chi connectivity index (χ4v) is 1.63. The van der Waals surface area contributed by atoms with Gasteiger partial charge in [-0.2, -0.15) is 5.10 Å². The number of hydrogen-bond donors (Lipinski definition) is 3. The summed E-state index contributed by atoms with van der Waals surface area (Å²) in [7, 11) is 0. The number of H-pyrrole nitrogens is 1. The van der Waals surface area contributed by atoms with Gasteiger partial charge >= 0.3 is 0 Å². The molecular formula is C12H15N3O. The van der Waals surface area contributed by atoms with Crippen molar-refractivity contribution in [1.29, 1.82) is 0 Å². The second kappa shape index (κ2) is 4.26. The van der Waals surface area contributed by atoms with Gasteiger partial charge in [-0.05, 0) is 43.7 Å². The number of aromatic hydroxyl groups is 1. The minimum absolute atomic E-state index is 0.158. The highest BCUT2D eigenvalue weighted by atomic mass is 16.3. The molecule has 0 amide bonds. The lowest BCUT2D eigenvalue weighted by molar-refractivity contribution is 0.475. The number of anilines is 1. The van der Waals surface area contributed by atoms with Crippen LogP contribution in [-0.4, -0.2) is 15.3 Å². The molecule has 1 unspecified atom stereocenters. The molecule has 0 aliphatic carbocycles. The zero-order chi connectivity index (χ0) is 11.5. The first-order valence-electron chi connectivity index (χ1n) is 5.22. The molecule has 1 aromatic carbocycles. The van der Waals surface area contributed by atoms with Crippen LogP contribution in [0.15, 0.2) is 30.5 Å². The monoisotopic (exact) mass is 217 g/mol. The van der Waals surface area contributed by atoms with E-state index < -0.39 is 0 Å². The summed E-state index contributed by atoms with van der Waals surface area (Å²) < 4.78 is 0. The smallest absolute Gasteiger partial charge is 0.115 e. The van der Waals surface area contributed by atoms with Gasteiger partial charge in [0.15, 0.2) is 0 Å². The normalized spacial score (nSPS) is 12.4. The third-order valence-electron chi connectivity index (χ3n) is 2.57. The Bertz CT molecular complexity index is 465. The van der Waals surface area contributed by atoms with Crippen molar-refractivity contribution in [2.24, 2.45) is 0 Å². The van der Waals surface area contributed by atoms with Crippen LogP contribution in [-0.2, 0) is 0 Å².